The maximum Gasteiger partial charge on any atom is 0.276 e. The van der Waals surface area contributed by atoms with Gasteiger partial charge in [0.15, 0.2) is 5.69 Å². The zero-order valence-electron chi connectivity index (χ0n) is 8.16. The Labute approximate surface area is 90.8 Å². The van der Waals surface area contributed by atoms with E-state index < -0.39 is 0 Å². The molecule has 80 valence electrons. The Morgan fingerprint density at radius 3 is 2.56 bits per heavy atom. The third-order valence-corrected chi connectivity index (χ3v) is 1.74. The van der Waals surface area contributed by atoms with Crippen molar-refractivity contribution < 1.29 is 4.79 Å². The van der Waals surface area contributed by atoms with Crippen molar-refractivity contribution in [2.24, 2.45) is 0 Å². The minimum atomic E-state index is -0.387. The van der Waals surface area contributed by atoms with Gasteiger partial charge in [-0.2, -0.15) is 0 Å². The van der Waals surface area contributed by atoms with Crippen molar-refractivity contribution in [1.82, 2.24) is 20.2 Å². The van der Waals surface area contributed by atoms with Gasteiger partial charge in [0.2, 0.25) is 0 Å². The van der Waals surface area contributed by atoms with E-state index in [0.717, 1.165) is 0 Å². The van der Waals surface area contributed by atoms with E-state index in [4.69, 9.17) is 5.73 Å². The van der Waals surface area contributed by atoms with E-state index >= 15 is 0 Å². The fraction of sp³-hybridized carbons (Fsp3) is 0. The number of nitrogens with two attached hydrogens (primary N) is 1. The molecule has 0 aliphatic carbocycles. The highest BCUT2D eigenvalue weighted by molar-refractivity contribution is 6.02. The summed E-state index contributed by atoms with van der Waals surface area (Å²) >= 11 is 0. The molecule has 0 fully saturated rings. The Morgan fingerprint density at radius 1 is 1.19 bits per heavy atom. The van der Waals surface area contributed by atoms with Gasteiger partial charge in [0, 0.05) is 0 Å². The maximum atomic E-state index is 11.6. The molecule has 0 atom stereocenters. The monoisotopic (exact) mass is 216 g/mol. The van der Waals surface area contributed by atoms with Crippen molar-refractivity contribution >= 4 is 17.4 Å². The zero-order valence-corrected chi connectivity index (χ0v) is 8.16. The van der Waals surface area contributed by atoms with Crippen molar-refractivity contribution in [2.45, 2.75) is 0 Å². The van der Waals surface area contributed by atoms with Gasteiger partial charge in [0.05, 0.1) is 18.1 Å². The molecule has 0 unspecified atom stereocenters. The normalized spacial score (nSPS) is 9.75. The molecule has 0 aromatic carbocycles. The van der Waals surface area contributed by atoms with Gasteiger partial charge in [-0.1, -0.05) is 0 Å². The minimum Gasteiger partial charge on any atom is -0.382 e. The van der Waals surface area contributed by atoms with Crippen molar-refractivity contribution in [1.29, 1.82) is 0 Å². The van der Waals surface area contributed by atoms with Crippen LogP contribution in [-0.2, 0) is 0 Å². The number of hydrogen-bond acceptors (Lipinski definition) is 6. The summed E-state index contributed by atoms with van der Waals surface area (Å²) < 4.78 is 0. The average molecular weight is 216 g/mol. The molecule has 0 saturated heterocycles. The molecular weight excluding hydrogens is 208 g/mol. The number of carbonyl (C=O) groups is 1. The number of nitrogen functional groups attached to an aromatic ring is 1. The van der Waals surface area contributed by atoms with Crippen LogP contribution < -0.4 is 11.1 Å². The predicted octanol–water partition coefficient (Wildman–Crippen LogP) is 0.101. The van der Waals surface area contributed by atoms with E-state index in [-0.39, 0.29) is 17.4 Å². The molecular formula is C9H8N6O. The Kier molecular flexibility index (Phi) is 2.68. The van der Waals surface area contributed by atoms with Crippen LogP contribution >= 0.6 is 0 Å². The Bertz CT molecular complexity index is 483. The standard InChI is InChI=1S/C9H8N6O/c10-8-2-1-7(14-15-8)9(16)13-6-3-11-5-12-4-6/h1-5H,(H2,10,15)(H,13,16). The number of nitrogens with one attached hydrogen (secondary N) is 1. The van der Waals surface area contributed by atoms with Crippen LogP contribution in [0.25, 0.3) is 0 Å². The average Bonchev–Trinajstić information content (AvgIpc) is 2.31. The van der Waals surface area contributed by atoms with Crippen molar-refractivity contribution in [3.63, 3.8) is 0 Å². The summed E-state index contributed by atoms with van der Waals surface area (Å²) in [6.45, 7) is 0. The van der Waals surface area contributed by atoms with Crippen LogP contribution in [-0.4, -0.2) is 26.1 Å². The highest BCUT2D eigenvalue weighted by Gasteiger charge is 2.07. The second-order valence-corrected chi connectivity index (χ2v) is 2.92. The lowest BCUT2D eigenvalue weighted by atomic mass is 10.3. The van der Waals surface area contributed by atoms with Gasteiger partial charge in [-0.3, -0.25) is 4.79 Å². The van der Waals surface area contributed by atoms with Gasteiger partial charge in [-0.15, -0.1) is 10.2 Å². The quantitative estimate of drug-likeness (QED) is 0.737. The third-order valence-electron chi connectivity index (χ3n) is 1.74. The van der Waals surface area contributed by atoms with Crippen LogP contribution in [0.5, 0.6) is 0 Å². The maximum absolute atomic E-state index is 11.6. The summed E-state index contributed by atoms with van der Waals surface area (Å²) in [5, 5.41) is 9.79. The molecule has 0 radical (unpaired) electrons. The molecule has 0 aliphatic rings. The predicted molar refractivity (Wildman–Crippen MR) is 56.4 cm³/mol. The highest BCUT2D eigenvalue weighted by Crippen LogP contribution is 2.04. The van der Waals surface area contributed by atoms with E-state index in [1.807, 2.05) is 0 Å². The first-order valence-corrected chi connectivity index (χ1v) is 4.41. The van der Waals surface area contributed by atoms with E-state index in [0.29, 0.717) is 5.69 Å². The largest absolute Gasteiger partial charge is 0.382 e. The summed E-state index contributed by atoms with van der Waals surface area (Å²) in [6, 6.07) is 2.99. The number of aromatic nitrogens is 4. The first-order chi connectivity index (χ1) is 7.75. The van der Waals surface area contributed by atoms with E-state index in [1.165, 1.54) is 30.9 Å². The number of nitrogens with zero attached hydrogens (tertiary/aromatic N) is 4. The summed E-state index contributed by atoms with van der Waals surface area (Å²) in [6.07, 6.45) is 4.34. The Balaban J connectivity index is 2.12. The van der Waals surface area contributed by atoms with Gasteiger partial charge in [0.25, 0.3) is 5.91 Å². The molecule has 0 saturated carbocycles. The van der Waals surface area contributed by atoms with E-state index in [1.54, 1.807) is 0 Å². The van der Waals surface area contributed by atoms with Gasteiger partial charge in [-0.25, -0.2) is 9.97 Å². The summed E-state index contributed by atoms with van der Waals surface area (Å²) in [4.78, 5) is 19.1. The van der Waals surface area contributed by atoms with Crippen LogP contribution in [0.3, 0.4) is 0 Å². The van der Waals surface area contributed by atoms with Crippen molar-refractivity contribution in [2.75, 3.05) is 11.1 Å². The van der Waals surface area contributed by atoms with Crippen molar-refractivity contribution in [3.8, 4) is 0 Å². The summed E-state index contributed by atoms with van der Waals surface area (Å²) in [5.74, 6) is -0.123. The number of anilines is 2. The van der Waals surface area contributed by atoms with Crippen LogP contribution in [0.15, 0.2) is 30.9 Å². The number of rotatable bonds is 2. The lowest BCUT2D eigenvalue weighted by Gasteiger charge is -2.02. The Morgan fingerprint density at radius 2 is 1.94 bits per heavy atom. The van der Waals surface area contributed by atoms with Gasteiger partial charge < -0.3 is 11.1 Å². The fourth-order valence-electron chi connectivity index (χ4n) is 1.02. The third kappa shape index (κ3) is 2.27. The SMILES string of the molecule is Nc1ccc(C(=O)Nc2cncnc2)nn1. The minimum absolute atomic E-state index is 0.179. The van der Waals surface area contributed by atoms with Crippen LogP contribution in [0.2, 0.25) is 0 Å². The molecule has 2 aromatic heterocycles. The number of carbonyl (C=O) groups excluding carboxylic acids is 1. The van der Waals surface area contributed by atoms with E-state index in [2.05, 4.69) is 25.5 Å². The second kappa shape index (κ2) is 4.30. The van der Waals surface area contributed by atoms with Crippen LogP contribution in [0.1, 0.15) is 10.5 Å². The molecule has 2 heterocycles. The molecule has 7 nitrogen and oxygen atoms in total. The zero-order chi connectivity index (χ0) is 11.4. The molecule has 16 heavy (non-hydrogen) atoms. The van der Waals surface area contributed by atoms with Crippen LogP contribution in [0.4, 0.5) is 11.5 Å². The van der Waals surface area contributed by atoms with E-state index in [9.17, 15) is 4.79 Å². The van der Waals surface area contributed by atoms with Gasteiger partial charge >= 0.3 is 0 Å². The van der Waals surface area contributed by atoms with Gasteiger partial charge in [0.1, 0.15) is 12.1 Å². The molecule has 7 heteroatoms. The topological polar surface area (TPSA) is 107 Å². The lowest BCUT2D eigenvalue weighted by Crippen LogP contribution is -2.14. The molecule has 3 N–H and O–H groups in total. The van der Waals surface area contributed by atoms with Crippen LogP contribution in [0, 0.1) is 0 Å². The molecule has 0 aliphatic heterocycles. The number of amides is 1. The molecule has 1 amide bonds. The molecule has 0 spiro atoms. The first kappa shape index (κ1) is 9.97. The second-order valence-electron chi connectivity index (χ2n) is 2.92. The number of hydrogen-bond donors (Lipinski definition) is 2. The fourth-order valence-corrected chi connectivity index (χ4v) is 1.02. The Hall–Kier alpha value is -2.57. The molecule has 0 bridgehead atoms. The van der Waals surface area contributed by atoms with Crippen molar-refractivity contribution in [3.05, 3.63) is 36.5 Å². The smallest absolute Gasteiger partial charge is 0.276 e. The summed E-state index contributed by atoms with van der Waals surface area (Å²) in [7, 11) is 0. The summed E-state index contributed by atoms with van der Waals surface area (Å²) in [5.41, 5.74) is 6.02. The first-order valence-electron chi connectivity index (χ1n) is 4.41. The highest BCUT2D eigenvalue weighted by atomic mass is 16.1. The lowest BCUT2D eigenvalue weighted by molar-refractivity contribution is 0.102. The molecule has 2 rings (SSSR count). The van der Waals surface area contributed by atoms with Gasteiger partial charge in [-0.05, 0) is 12.1 Å². The molecule has 2 aromatic rings.